The summed E-state index contributed by atoms with van der Waals surface area (Å²) >= 11 is 0. The van der Waals surface area contributed by atoms with E-state index in [4.69, 9.17) is 0 Å². The molecule has 3 rings (SSSR count). The Hall–Kier alpha value is -0.570. The highest BCUT2D eigenvalue weighted by Gasteiger charge is 2.44. The van der Waals surface area contributed by atoms with Gasteiger partial charge in [0.2, 0.25) is 5.91 Å². The summed E-state index contributed by atoms with van der Waals surface area (Å²) in [6.45, 7) is 2.27. The van der Waals surface area contributed by atoms with Crippen LogP contribution in [0.2, 0.25) is 0 Å². The summed E-state index contributed by atoms with van der Waals surface area (Å²) in [7, 11) is 0. The second-order valence-electron chi connectivity index (χ2n) is 6.19. The molecule has 1 atom stereocenters. The van der Waals surface area contributed by atoms with Crippen molar-refractivity contribution in [3.8, 4) is 0 Å². The second-order valence-corrected chi connectivity index (χ2v) is 6.19. The van der Waals surface area contributed by atoms with Gasteiger partial charge in [-0.15, -0.1) is 0 Å². The quantitative estimate of drug-likeness (QED) is 0.768. The van der Waals surface area contributed by atoms with Crippen LogP contribution in [0, 0.1) is 11.3 Å². The van der Waals surface area contributed by atoms with Crippen LogP contribution in [0.4, 0.5) is 0 Å². The Labute approximate surface area is 104 Å². The smallest absolute Gasteiger partial charge is 0.223 e. The van der Waals surface area contributed by atoms with Crippen molar-refractivity contribution in [1.82, 2.24) is 10.6 Å². The fourth-order valence-electron chi connectivity index (χ4n) is 3.85. The summed E-state index contributed by atoms with van der Waals surface area (Å²) in [5, 5.41) is 6.82. The number of hydrogen-bond donors (Lipinski definition) is 2. The third-order valence-corrected chi connectivity index (χ3v) is 5.30. The minimum absolute atomic E-state index is 0.342. The monoisotopic (exact) mass is 236 g/mol. The van der Waals surface area contributed by atoms with Crippen LogP contribution in [0.1, 0.15) is 51.4 Å². The van der Waals surface area contributed by atoms with E-state index in [1.165, 1.54) is 38.5 Å². The van der Waals surface area contributed by atoms with Crippen molar-refractivity contribution >= 4 is 5.91 Å². The molecule has 1 unspecified atom stereocenters. The average Bonchev–Trinajstić information content (AvgIpc) is 2.60. The first-order chi connectivity index (χ1) is 8.30. The van der Waals surface area contributed by atoms with E-state index in [0.29, 0.717) is 23.3 Å². The minimum Gasteiger partial charge on any atom is -0.353 e. The van der Waals surface area contributed by atoms with E-state index < -0.39 is 0 Å². The van der Waals surface area contributed by atoms with Crippen molar-refractivity contribution in [2.24, 2.45) is 11.3 Å². The highest BCUT2D eigenvalue weighted by atomic mass is 16.2. The molecule has 0 aromatic rings. The van der Waals surface area contributed by atoms with Crippen molar-refractivity contribution < 1.29 is 4.79 Å². The molecule has 3 heteroatoms. The van der Waals surface area contributed by atoms with Crippen molar-refractivity contribution in [3.63, 3.8) is 0 Å². The molecule has 1 amide bonds. The molecule has 3 aliphatic rings. The predicted octanol–water partition coefficient (Wildman–Crippen LogP) is 1.82. The first-order valence-electron chi connectivity index (χ1n) is 7.31. The lowest BCUT2D eigenvalue weighted by atomic mass is 9.74. The molecular weight excluding hydrogens is 212 g/mol. The SMILES string of the molecule is O=C(NC1CCCC12CCNCC2)C1CCC1. The number of hydrogen-bond acceptors (Lipinski definition) is 2. The van der Waals surface area contributed by atoms with Crippen LogP contribution in [0.15, 0.2) is 0 Å². The number of amides is 1. The van der Waals surface area contributed by atoms with Crippen LogP contribution in [0.25, 0.3) is 0 Å². The molecule has 96 valence electrons. The van der Waals surface area contributed by atoms with Gasteiger partial charge in [0.15, 0.2) is 0 Å². The van der Waals surface area contributed by atoms with Crippen LogP contribution in [0.5, 0.6) is 0 Å². The molecule has 2 N–H and O–H groups in total. The zero-order valence-electron chi connectivity index (χ0n) is 10.6. The molecule has 2 saturated carbocycles. The normalized spacial score (nSPS) is 32.4. The van der Waals surface area contributed by atoms with Gasteiger partial charge in [0, 0.05) is 12.0 Å². The second kappa shape index (κ2) is 4.60. The van der Waals surface area contributed by atoms with Gasteiger partial charge in [-0.1, -0.05) is 12.8 Å². The molecule has 3 fully saturated rings. The van der Waals surface area contributed by atoms with Gasteiger partial charge < -0.3 is 10.6 Å². The Kier molecular flexibility index (Phi) is 3.12. The topological polar surface area (TPSA) is 41.1 Å². The minimum atomic E-state index is 0.342. The molecule has 3 nitrogen and oxygen atoms in total. The molecule has 0 aromatic heterocycles. The Bertz CT molecular complexity index is 293. The Morgan fingerprint density at radius 1 is 1.06 bits per heavy atom. The molecule has 0 radical (unpaired) electrons. The van der Waals surface area contributed by atoms with Crippen molar-refractivity contribution in [1.29, 1.82) is 0 Å². The fourth-order valence-corrected chi connectivity index (χ4v) is 3.85. The maximum atomic E-state index is 12.1. The summed E-state index contributed by atoms with van der Waals surface area (Å²) in [5.74, 6) is 0.690. The summed E-state index contributed by atoms with van der Waals surface area (Å²) < 4.78 is 0. The predicted molar refractivity (Wildman–Crippen MR) is 67.7 cm³/mol. The molecule has 2 aliphatic carbocycles. The van der Waals surface area contributed by atoms with E-state index in [9.17, 15) is 4.79 Å². The molecular formula is C14H24N2O. The van der Waals surface area contributed by atoms with Crippen molar-refractivity contribution in [3.05, 3.63) is 0 Å². The maximum absolute atomic E-state index is 12.1. The van der Waals surface area contributed by atoms with Gasteiger partial charge >= 0.3 is 0 Å². The van der Waals surface area contributed by atoms with Crippen LogP contribution in [-0.4, -0.2) is 25.0 Å². The van der Waals surface area contributed by atoms with Gasteiger partial charge in [0.05, 0.1) is 0 Å². The largest absolute Gasteiger partial charge is 0.353 e. The summed E-state index contributed by atoms with van der Waals surface area (Å²) in [6.07, 6.45) is 9.82. The van der Waals surface area contributed by atoms with Crippen LogP contribution < -0.4 is 10.6 Å². The third-order valence-electron chi connectivity index (χ3n) is 5.30. The molecule has 1 saturated heterocycles. The maximum Gasteiger partial charge on any atom is 0.223 e. The van der Waals surface area contributed by atoms with Crippen LogP contribution in [-0.2, 0) is 4.79 Å². The van der Waals surface area contributed by atoms with Gasteiger partial charge in [-0.05, 0) is 57.0 Å². The number of nitrogens with one attached hydrogen (secondary N) is 2. The van der Waals surface area contributed by atoms with Gasteiger partial charge in [-0.2, -0.15) is 0 Å². The Morgan fingerprint density at radius 2 is 1.82 bits per heavy atom. The van der Waals surface area contributed by atoms with Crippen LogP contribution >= 0.6 is 0 Å². The van der Waals surface area contributed by atoms with E-state index in [1.54, 1.807) is 0 Å². The molecule has 17 heavy (non-hydrogen) atoms. The third kappa shape index (κ3) is 2.10. The molecule has 0 aromatic carbocycles. The number of piperidine rings is 1. The standard InChI is InChI=1S/C14H24N2O/c17-13(11-3-1-4-11)16-12-5-2-6-14(12)7-9-15-10-8-14/h11-12,15H,1-10H2,(H,16,17). The number of carbonyl (C=O) groups is 1. The lowest BCUT2D eigenvalue weighted by molar-refractivity contribution is -0.129. The highest BCUT2D eigenvalue weighted by molar-refractivity contribution is 5.79. The van der Waals surface area contributed by atoms with Crippen LogP contribution in [0.3, 0.4) is 0 Å². The summed E-state index contributed by atoms with van der Waals surface area (Å²) in [5.41, 5.74) is 0.435. The van der Waals surface area contributed by atoms with Gasteiger partial charge in [-0.25, -0.2) is 0 Å². The van der Waals surface area contributed by atoms with E-state index in [1.807, 2.05) is 0 Å². The molecule has 0 bridgehead atoms. The Balaban J connectivity index is 1.62. The van der Waals surface area contributed by atoms with Gasteiger partial charge in [-0.3, -0.25) is 4.79 Å². The van der Waals surface area contributed by atoms with E-state index in [2.05, 4.69) is 10.6 Å². The molecule has 1 spiro atoms. The number of rotatable bonds is 2. The zero-order chi connectivity index (χ0) is 11.7. The fraction of sp³-hybridized carbons (Fsp3) is 0.929. The van der Waals surface area contributed by atoms with E-state index >= 15 is 0 Å². The molecule has 1 heterocycles. The first kappa shape index (κ1) is 11.5. The molecule has 1 aliphatic heterocycles. The summed E-state index contributed by atoms with van der Waals surface area (Å²) in [4.78, 5) is 12.1. The zero-order valence-corrected chi connectivity index (χ0v) is 10.6. The average molecular weight is 236 g/mol. The lowest BCUT2D eigenvalue weighted by Gasteiger charge is -2.40. The summed E-state index contributed by atoms with van der Waals surface area (Å²) in [6, 6.07) is 0.470. The van der Waals surface area contributed by atoms with E-state index in [0.717, 1.165) is 25.9 Å². The van der Waals surface area contributed by atoms with Gasteiger partial charge in [0.25, 0.3) is 0 Å². The lowest BCUT2D eigenvalue weighted by Crippen LogP contribution is -2.51. The number of carbonyl (C=O) groups excluding carboxylic acids is 1. The Morgan fingerprint density at radius 3 is 2.47 bits per heavy atom. The van der Waals surface area contributed by atoms with Crippen molar-refractivity contribution in [2.45, 2.75) is 57.4 Å². The van der Waals surface area contributed by atoms with E-state index in [-0.39, 0.29) is 0 Å². The first-order valence-corrected chi connectivity index (χ1v) is 7.31. The van der Waals surface area contributed by atoms with Gasteiger partial charge in [0.1, 0.15) is 0 Å². The highest BCUT2D eigenvalue weighted by Crippen LogP contribution is 2.45. The van der Waals surface area contributed by atoms with Crippen molar-refractivity contribution in [2.75, 3.05) is 13.1 Å².